The zero-order valence-electron chi connectivity index (χ0n) is 12.6. The highest BCUT2D eigenvalue weighted by Gasteiger charge is 2.09. The predicted octanol–water partition coefficient (Wildman–Crippen LogP) is 3.62. The van der Waals surface area contributed by atoms with Crippen molar-refractivity contribution in [1.82, 2.24) is 9.55 Å². The second-order valence-corrected chi connectivity index (χ2v) is 4.92. The molecule has 0 aliphatic heterocycles. The quantitative estimate of drug-likeness (QED) is 0.755. The summed E-state index contributed by atoms with van der Waals surface area (Å²) in [7, 11) is 0. The van der Waals surface area contributed by atoms with E-state index in [2.05, 4.69) is 14.9 Å². The first kappa shape index (κ1) is 15.5. The number of aromatic nitrogens is 2. The molecular formula is C16H22FN3O. The van der Waals surface area contributed by atoms with Crippen molar-refractivity contribution in [2.45, 2.75) is 32.9 Å². The largest absolute Gasteiger partial charge is 0.382 e. The molecule has 1 aromatic carbocycles. The van der Waals surface area contributed by atoms with Crippen LogP contribution in [0.2, 0.25) is 0 Å². The molecule has 0 bridgehead atoms. The lowest BCUT2D eigenvalue weighted by Gasteiger charge is -2.16. The van der Waals surface area contributed by atoms with Crippen LogP contribution in [0.4, 0.5) is 10.3 Å². The standard InChI is InChI=1S/C16H22FN3O/c1-3-21-11-5-9-20-10-8-18-16(20)19-13(2)14-6-4-7-15(17)12-14/h4,6-8,10,12-13H,3,5,9,11H2,1-2H3,(H,18,19). The van der Waals surface area contributed by atoms with Gasteiger partial charge in [-0.2, -0.15) is 0 Å². The van der Waals surface area contributed by atoms with Crippen LogP contribution in [0.25, 0.3) is 0 Å². The van der Waals surface area contributed by atoms with Gasteiger partial charge in [-0.25, -0.2) is 9.37 Å². The van der Waals surface area contributed by atoms with Crippen molar-refractivity contribution in [3.05, 3.63) is 48.0 Å². The van der Waals surface area contributed by atoms with Gasteiger partial charge in [0.25, 0.3) is 0 Å². The van der Waals surface area contributed by atoms with Gasteiger partial charge in [0, 0.05) is 32.2 Å². The molecule has 114 valence electrons. The summed E-state index contributed by atoms with van der Waals surface area (Å²) in [5.41, 5.74) is 0.902. The average molecular weight is 291 g/mol. The fourth-order valence-corrected chi connectivity index (χ4v) is 2.16. The molecule has 0 aliphatic rings. The predicted molar refractivity (Wildman–Crippen MR) is 81.8 cm³/mol. The zero-order valence-corrected chi connectivity index (χ0v) is 12.6. The van der Waals surface area contributed by atoms with Gasteiger partial charge < -0.3 is 14.6 Å². The van der Waals surface area contributed by atoms with Gasteiger partial charge >= 0.3 is 0 Å². The van der Waals surface area contributed by atoms with E-state index >= 15 is 0 Å². The minimum atomic E-state index is -0.221. The molecule has 0 fully saturated rings. The topological polar surface area (TPSA) is 39.1 Å². The van der Waals surface area contributed by atoms with E-state index in [1.165, 1.54) is 6.07 Å². The first-order valence-electron chi connectivity index (χ1n) is 7.31. The van der Waals surface area contributed by atoms with E-state index in [0.717, 1.165) is 37.7 Å². The maximum absolute atomic E-state index is 13.3. The smallest absolute Gasteiger partial charge is 0.203 e. The van der Waals surface area contributed by atoms with Crippen LogP contribution in [0.5, 0.6) is 0 Å². The molecule has 5 heteroatoms. The van der Waals surface area contributed by atoms with E-state index in [9.17, 15) is 4.39 Å². The van der Waals surface area contributed by atoms with Crippen molar-refractivity contribution < 1.29 is 9.13 Å². The Balaban J connectivity index is 1.95. The Morgan fingerprint density at radius 2 is 2.29 bits per heavy atom. The molecule has 0 amide bonds. The van der Waals surface area contributed by atoms with Gasteiger partial charge in [-0.05, 0) is 38.0 Å². The number of aryl methyl sites for hydroxylation is 1. The number of nitrogens with zero attached hydrogens (tertiary/aromatic N) is 2. The van der Waals surface area contributed by atoms with Crippen LogP contribution in [0.15, 0.2) is 36.7 Å². The molecule has 0 saturated heterocycles. The van der Waals surface area contributed by atoms with E-state index in [4.69, 9.17) is 4.74 Å². The van der Waals surface area contributed by atoms with Crippen molar-refractivity contribution in [2.75, 3.05) is 18.5 Å². The third kappa shape index (κ3) is 4.56. The monoisotopic (exact) mass is 291 g/mol. The normalized spacial score (nSPS) is 12.3. The molecule has 1 N–H and O–H groups in total. The molecular weight excluding hydrogens is 269 g/mol. The number of hydrogen-bond donors (Lipinski definition) is 1. The van der Waals surface area contributed by atoms with Crippen molar-refractivity contribution in [3.8, 4) is 0 Å². The average Bonchev–Trinajstić information content (AvgIpc) is 2.91. The maximum atomic E-state index is 13.3. The van der Waals surface area contributed by atoms with E-state index in [-0.39, 0.29) is 11.9 Å². The third-order valence-corrected chi connectivity index (χ3v) is 3.30. The van der Waals surface area contributed by atoms with Gasteiger partial charge in [0.2, 0.25) is 5.95 Å². The highest BCUT2D eigenvalue weighted by molar-refractivity contribution is 5.32. The van der Waals surface area contributed by atoms with E-state index in [1.807, 2.05) is 26.1 Å². The van der Waals surface area contributed by atoms with Crippen LogP contribution in [0.3, 0.4) is 0 Å². The Hall–Kier alpha value is -1.88. The number of rotatable bonds is 8. The van der Waals surface area contributed by atoms with Crippen molar-refractivity contribution in [1.29, 1.82) is 0 Å². The summed E-state index contributed by atoms with van der Waals surface area (Å²) in [6, 6.07) is 6.61. The third-order valence-electron chi connectivity index (χ3n) is 3.30. The Morgan fingerprint density at radius 3 is 3.05 bits per heavy atom. The zero-order chi connectivity index (χ0) is 15.1. The Kier molecular flexibility index (Phi) is 5.75. The van der Waals surface area contributed by atoms with Crippen LogP contribution in [-0.4, -0.2) is 22.8 Å². The van der Waals surface area contributed by atoms with Crippen molar-refractivity contribution in [3.63, 3.8) is 0 Å². The number of halogens is 1. The van der Waals surface area contributed by atoms with Crippen molar-refractivity contribution >= 4 is 5.95 Å². The van der Waals surface area contributed by atoms with Gasteiger partial charge in [0.1, 0.15) is 5.82 Å². The fraction of sp³-hybridized carbons (Fsp3) is 0.438. The highest BCUT2D eigenvalue weighted by atomic mass is 19.1. The van der Waals surface area contributed by atoms with Crippen molar-refractivity contribution in [2.24, 2.45) is 0 Å². The Bertz CT molecular complexity index is 556. The molecule has 0 radical (unpaired) electrons. The summed E-state index contributed by atoms with van der Waals surface area (Å²) >= 11 is 0. The second-order valence-electron chi connectivity index (χ2n) is 4.92. The van der Waals surface area contributed by atoms with Crippen LogP contribution in [-0.2, 0) is 11.3 Å². The van der Waals surface area contributed by atoms with Crippen LogP contribution >= 0.6 is 0 Å². The van der Waals surface area contributed by atoms with Gasteiger partial charge in [-0.3, -0.25) is 0 Å². The molecule has 0 spiro atoms. The number of hydrogen-bond acceptors (Lipinski definition) is 3. The van der Waals surface area contributed by atoms with Crippen LogP contribution < -0.4 is 5.32 Å². The molecule has 4 nitrogen and oxygen atoms in total. The lowest BCUT2D eigenvalue weighted by atomic mass is 10.1. The first-order chi connectivity index (χ1) is 10.2. The van der Waals surface area contributed by atoms with E-state index < -0.39 is 0 Å². The number of benzene rings is 1. The number of nitrogens with one attached hydrogen (secondary N) is 1. The molecule has 1 unspecified atom stereocenters. The SMILES string of the molecule is CCOCCCn1ccnc1NC(C)c1cccc(F)c1. The molecule has 0 saturated carbocycles. The van der Waals surface area contributed by atoms with Crippen LogP contribution in [0, 0.1) is 5.82 Å². The summed E-state index contributed by atoms with van der Waals surface area (Å²) in [4.78, 5) is 4.32. The first-order valence-corrected chi connectivity index (χ1v) is 7.31. The van der Waals surface area contributed by atoms with E-state index in [1.54, 1.807) is 18.3 Å². The molecule has 2 rings (SSSR count). The molecule has 1 aromatic heterocycles. The summed E-state index contributed by atoms with van der Waals surface area (Å²) in [6.07, 6.45) is 4.64. The van der Waals surface area contributed by atoms with Gasteiger partial charge in [0.15, 0.2) is 0 Å². The number of imidazole rings is 1. The summed E-state index contributed by atoms with van der Waals surface area (Å²) in [6.45, 7) is 6.32. The van der Waals surface area contributed by atoms with Gasteiger partial charge in [-0.1, -0.05) is 12.1 Å². The van der Waals surface area contributed by atoms with Gasteiger partial charge in [-0.15, -0.1) is 0 Å². The van der Waals surface area contributed by atoms with Gasteiger partial charge in [0.05, 0.1) is 6.04 Å². The molecule has 0 aliphatic carbocycles. The molecule has 21 heavy (non-hydrogen) atoms. The molecule has 1 heterocycles. The van der Waals surface area contributed by atoms with E-state index in [0.29, 0.717) is 0 Å². The number of ether oxygens (including phenoxy) is 1. The summed E-state index contributed by atoms with van der Waals surface area (Å²) in [5.74, 6) is 0.574. The second kappa shape index (κ2) is 7.78. The minimum absolute atomic E-state index is 0.00579. The van der Waals surface area contributed by atoms with Crippen LogP contribution in [0.1, 0.15) is 31.9 Å². The lowest BCUT2D eigenvalue weighted by Crippen LogP contribution is -2.12. The maximum Gasteiger partial charge on any atom is 0.203 e. The molecule has 2 aromatic rings. The highest BCUT2D eigenvalue weighted by Crippen LogP contribution is 2.19. The summed E-state index contributed by atoms with van der Waals surface area (Å²) in [5, 5.41) is 3.32. The molecule has 1 atom stereocenters. The Morgan fingerprint density at radius 1 is 1.43 bits per heavy atom. The minimum Gasteiger partial charge on any atom is -0.382 e. The Labute approximate surface area is 125 Å². The fourth-order valence-electron chi connectivity index (χ4n) is 2.16. The lowest BCUT2D eigenvalue weighted by molar-refractivity contribution is 0.142. The number of anilines is 1. The summed E-state index contributed by atoms with van der Waals surface area (Å²) < 4.78 is 20.7.